The maximum absolute atomic E-state index is 14.9. The number of nitrogens with two attached hydrogens (primary N) is 3. The number of hydrogen-bond donors (Lipinski definition) is 15. The highest BCUT2D eigenvalue weighted by atomic mass is 33.1. The quantitative estimate of drug-likeness (QED) is 0.0418. The summed E-state index contributed by atoms with van der Waals surface area (Å²) in [7, 11) is 1.94. The average Bonchev–Trinajstić information content (AvgIpc) is 4.01. The van der Waals surface area contributed by atoms with Crippen molar-refractivity contribution in [3.05, 3.63) is 102 Å². The minimum absolute atomic E-state index is 0.0193. The summed E-state index contributed by atoms with van der Waals surface area (Å²) in [6, 6.07) is 8.62. The zero-order valence-electron chi connectivity index (χ0n) is 43.7. The van der Waals surface area contributed by atoms with E-state index in [1.165, 1.54) is 39.8 Å². The molecule has 0 unspecified atom stereocenters. The van der Waals surface area contributed by atoms with E-state index in [9.17, 15) is 53.7 Å². The Hall–Kier alpha value is -7.16. The van der Waals surface area contributed by atoms with Gasteiger partial charge in [-0.1, -0.05) is 70.1 Å². The minimum Gasteiger partial charge on any atom is -0.508 e. The van der Waals surface area contributed by atoms with Crippen LogP contribution in [0.5, 0.6) is 5.75 Å². The molecule has 0 spiro atoms. The van der Waals surface area contributed by atoms with Crippen molar-refractivity contribution in [1.29, 1.82) is 0 Å². The van der Waals surface area contributed by atoms with E-state index in [1.54, 1.807) is 30.6 Å². The highest BCUT2D eigenvalue weighted by Crippen LogP contribution is 2.39. The fourth-order valence-electron chi connectivity index (χ4n) is 8.89. The standard InChI is InChI=1S/C53H70N12O11S2/c1-27(66)42(45(56)69)63-52(76)44-53(3,4)78-77-26-41(62-46(70)35(55)22-30-24-57-36-13-7-5-11-33(30)36)50(74)60-39(21-29-16-18-32(68)19-17-29)48(72)61-40(23-31-25-58-37-14-8-6-12-34(31)37)49(73)59-38(15-9-10-20-54)47(71)64-43(28(2)67)51(75)65-44/h5-8,11-14,16-19,24-25,27-28,35,38-44,57-58,66-68H,9-10,15,20-23,26,54-55H2,1-4H3,(H2,56,69)(H,59,73)(H,60,74)(H,61,72)(H,62,70)(H,63,76)(H,64,71)(H,65,75)/t27-,28-,35+,38+,39+,40+,41+,42+,43+,44-/m1/s1. The molecule has 0 radical (unpaired) electrons. The van der Waals surface area contributed by atoms with Crippen molar-refractivity contribution in [1.82, 2.24) is 47.2 Å². The van der Waals surface area contributed by atoms with Gasteiger partial charge in [0.15, 0.2) is 0 Å². The number of carbonyl (C=O) groups excluding carboxylic acids is 8. The van der Waals surface area contributed by atoms with E-state index in [0.29, 0.717) is 24.0 Å². The zero-order chi connectivity index (χ0) is 56.8. The SMILES string of the molecule is C[C@@H](O)[C@H](NC(=O)[C@H]1NC(=O)[C@H]([C@@H](C)O)NC(=O)[C@H](CCCCN)NC(=O)[C@H](Cc2c[nH]c3ccccc23)NC(=O)[C@H](Cc2ccc(O)cc2)NC(=O)[C@@H](NC(=O)[C@@H](N)Cc2c[nH]c3ccccc23)CSSC1(C)C)C(N)=O. The van der Waals surface area contributed by atoms with Crippen LogP contribution in [0.2, 0.25) is 0 Å². The molecule has 3 aromatic carbocycles. The number of aromatic hydroxyl groups is 1. The van der Waals surface area contributed by atoms with Crippen LogP contribution < -0.4 is 54.4 Å². The van der Waals surface area contributed by atoms with Gasteiger partial charge >= 0.3 is 0 Å². The molecule has 25 heteroatoms. The minimum atomic E-state index is -1.76. The second-order valence-corrected chi connectivity index (χ2v) is 22.9. The predicted octanol–water partition coefficient (Wildman–Crippen LogP) is -0.347. The van der Waals surface area contributed by atoms with Crippen molar-refractivity contribution in [3.63, 3.8) is 0 Å². The monoisotopic (exact) mass is 1110 g/mol. The molecule has 1 fully saturated rings. The van der Waals surface area contributed by atoms with Crippen LogP contribution in [0, 0.1) is 0 Å². The highest BCUT2D eigenvalue weighted by Gasteiger charge is 2.43. The Morgan fingerprint density at radius 1 is 0.731 bits per heavy atom. The molecule has 0 bridgehead atoms. The van der Waals surface area contributed by atoms with E-state index >= 15 is 0 Å². The molecule has 420 valence electrons. The number of unbranched alkanes of at least 4 members (excludes halogenated alkanes) is 1. The first kappa shape index (κ1) is 60.1. The lowest BCUT2D eigenvalue weighted by atomic mass is 9.99. The predicted molar refractivity (Wildman–Crippen MR) is 297 cm³/mol. The maximum Gasteiger partial charge on any atom is 0.245 e. The van der Waals surface area contributed by atoms with Crippen LogP contribution in [0.1, 0.15) is 63.6 Å². The van der Waals surface area contributed by atoms with Gasteiger partial charge in [-0.05, 0) is 101 Å². The number of phenolic OH excluding ortho intramolecular Hbond substituents is 1. The Labute approximate surface area is 458 Å². The Balaban J connectivity index is 1.43. The van der Waals surface area contributed by atoms with Gasteiger partial charge < -0.3 is 79.7 Å². The third-order valence-corrected chi connectivity index (χ3v) is 16.6. The summed E-state index contributed by atoms with van der Waals surface area (Å²) in [5.41, 5.74) is 21.2. The number of aliphatic hydroxyl groups excluding tert-OH is 2. The number of hydrogen-bond acceptors (Lipinski definition) is 15. The fraction of sp³-hybridized carbons (Fsp3) is 0.434. The summed E-state index contributed by atoms with van der Waals surface area (Å²) >= 11 is 0. The first-order valence-electron chi connectivity index (χ1n) is 25.5. The maximum atomic E-state index is 14.9. The number of rotatable bonds is 17. The molecule has 78 heavy (non-hydrogen) atoms. The van der Waals surface area contributed by atoms with Crippen molar-refractivity contribution in [3.8, 4) is 5.75 Å². The number of carbonyl (C=O) groups is 8. The first-order valence-corrected chi connectivity index (χ1v) is 27.8. The van der Waals surface area contributed by atoms with E-state index < -0.39 is 113 Å². The van der Waals surface area contributed by atoms with Crippen LogP contribution in [-0.2, 0) is 57.6 Å². The van der Waals surface area contributed by atoms with Gasteiger partial charge in [0.1, 0.15) is 48.0 Å². The molecule has 0 saturated carbocycles. The van der Waals surface area contributed by atoms with Gasteiger partial charge in [0.25, 0.3) is 0 Å². The van der Waals surface area contributed by atoms with Crippen LogP contribution in [0.3, 0.4) is 0 Å². The lowest BCUT2D eigenvalue weighted by Gasteiger charge is -2.36. The third kappa shape index (κ3) is 16.0. The van der Waals surface area contributed by atoms with Crippen molar-refractivity contribution < 1.29 is 53.7 Å². The van der Waals surface area contributed by atoms with Crippen LogP contribution >= 0.6 is 21.6 Å². The molecule has 23 nitrogen and oxygen atoms in total. The summed E-state index contributed by atoms with van der Waals surface area (Å²) in [6.07, 6.45) is 0.759. The Morgan fingerprint density at radius 2 is 1.29 bits per heavy atom. The van der Waals surface area contributed by atoms with Gasteiger partial charge in [0.2, 0.25) is 47.3 Å². The smallest absolute Gasteiger partial charge is 0.245 e. The molecule has 1 aliphatic heterocycles. The summed E-state index contributed by atoms with van der Waals surface area (Å²) in [4.78, 5) is 120. The molecule has 6 rings (SSSR count). The number of amides is 8. The van der Waals surface area contributed by atoms with E-state index in [-0.39, 0.29) is 43.7 Å². The largest absolute Gasteiger partial charge is 0.508 e. The van der Waals surface area contributed by atoms with Gasteiger partial charge in [0.05, 0.1) is 18.2 Å². The molecular weight excluding hydrogens is 1040 g/mol. The van der Waals surface area contributed by atoms with Gasteiger partial charge in [-0.3, -0.25) is 38.4 Å². The number of H-pyrrole nitrogens is 2. The van der Waals surface area contributed by atoms with Crippen molar-refractivity contribution in [2.75, 3.05) is 12.3 Å². The Kier molecular flexibility index (Phi) is 21.1. The zero-order valence-corrected chi connectivity index (χ0v) is 45.3. The number of nitrogens with one attached hydrogen (secondary N) is 9. The lowest BCUT2D eigenvalue weighted by Crippen LogP contribution is -2.65. The van der Waals surface area contributed by atoms with Gasteiger partial charge in [-0.15, -0.1) is 0 Å². The van der Waals surface area contributed by atoms with Crippen LogP contribution in [-0.4, -0.2) is 150 Å². The number of para-hydroxylation sites is 2. The second kappa shape index (κ2) is 27.4. The number of benzene rings is 3. The van der Waals surface area contributed by atoms with Crippen molar-refractivity contribution in [2.24, 2.45) is 17.2 Å². The number of primary amides is 1. The summed E-state index contributed by atoms with van der Waals surface area (Å²) < 4.78 is -1.43. The Morgan fingerprint density at radius 3 is 1.90 bits per heavy atom. The third-order valence-electron chi connectivity index (χ3n) is 13.3. The first-order chi connectivity index (χ1) is 37.1. The summed E-state index contributed by atoms with van der Waals surface area (Å²) in [5, 5.41) is 51.8. The molecule has 1 saturated heterocycles. The number of aliphatic hydroxyl groups is 2. The van der Waals surface area contributed by atoms with Crippen LogP contribution in [0.25, 0.3) is 21.8 Å². The van der Waals surface area contributed by atoms with Gasteiger partial charge in [-0.2, -0.15) is 0 Å². The molecule has 5 aromatic rings. The Bertz CT molecular complexity index is 2930. The van der Waals surface area contributed by atoms with E-state index in [2.05, 4.69) is 47.2 Å². The topological polar surface area (TPSA) is 391 Å². The van der Waals surface area contributed by atoms with Crippen LogP contribution in [0.4, 0.5) is 0 Å². The molecule has 18 N–H and O–H groups in total. The highest BCUT2D eigenvalue weighted by molar-refractivity contribution is 8.77. The summed E-state index contributed by atoms with van der Waals surface area (Å²) in [6.45, 7) is 5.75. The van der Waals surface area contributed by atoms with Crippen LogP contribution in [0.15, 0.2) is 85.2 Å². The summed E-state index contributed by atoms with van der Waals surface area (Å²) in [5.74, 6) is -7.69. The molecule has 8 amide bonds. The molecule has 10 atom stereocenters. The van der Waals surface area contributed by atoms with Crippen molar-refractivity contribution in [2.45, 2.75) is 132 Å². The second-order valence-electron chi connectivity index (χ2n) is 19.9. The molecule has 3 heterocycles. The number of aromatic amines is 2. The number of aromatic nitrogens is 2. The molecule has 2 aromatic heterocycles. The lowest BCUT2D eigenvalue weighted by molar-refractivity contribution is -0.137. The van der Waals surface area contributed by atoms with Gasteiger partial charge in [0, 0.05) is 57.5 Å². The molecular formula is C53H70N12O11S2. The molecule has 1 aliphatic rings. The fourth-order valence-corrected chi connectivity index (χ4v) is 11.7. The normalized spacial score (nSPS) is 22.6. The van der Waals surface area contributed by atoms with Crippen molar-refractivity contribution >= 4 is 90.7 Å². The molecule has 0 aliphatic carbocycles. The number of fused-ring (bicyclic) bond motifs is 2. The number of phenols is 1. The average molecular weight is 1120 g/mol. The van der Waals surface area contributed by atoms with E-state index in [0.717, 1.165) is 49.0 Å². The van der Waals surface area contributed by atoms with E-state index in [1.807, 2.05) is 42.5 Å². The van der Waals surface area contributed by atoms with E-state index in [4.69, 9.17) is 17.2 Å². The van der Waals surface area contributed by atoms with Gasteiger partial charge in [-0.25, -0.2) is 0 Å².